The first-order valence-corrected chi connectivity index (χ1v) is 5.21. The largest absolute Gasteiger partial charge is 0.471 e. The van der Waals surface area contributed by atoms with Gasteiger partial charge in [-0.2, -0.15) is 5.10 Å². The number of aromatic nitrogens is 2. The molecule has 0 unspecified atom stereocenters. The van der Waals surface area contributed by atoms with E-state index in [-0.39, 0.29) is 24.1 Å². The molecule has 0 aliphatic heterocycles. The lowest BCUT2D eigenvalue weighted by molar-refractivity contribution is 0.284. The number of rotatable bonds is 4. The number of halogens is 1. The minimum atomic E-state index is -0.356. The van der Waals surface area contributed by atoms with E-state index in [9.17, 15) is 4.39 Å². The van der Waals surface area contributed by atoms with E-state index < -0.39 is 0 Å². The molecule has 5 nitrogen and oxygen atoms in total. The Hall–Kier alpha value is -2.50. The summed E-state index contributed by atoms with van der Waals surface area (Å²) in [6, 6.07) is 7.79. The van der Waals surface area contributed by atoms with Crippen LogP contribution in [0.3, 0.4) is 0 Å². The van der Waals surface area contributed by atoms with Crippen molar-refractivity contribution in [2.45, 2.75) is 6.61 Å². The summed E-state index contributed by atoms with van der Waals surface area (Å²) in [5.74, 6) is -0.410. The van der Waals surface area contributed by atoms with Gasteiger partial charge in [0.25, 0.3) is 0 Å². The first kappa shape index (κ1) is 12.0. The Balaban J connectivity index is 2.16. The predicted molar refractivity (Wildman–Crippen MR) is 63.8 cm³/mol. The standard InChI is InChI=1S/C12H11FN4O/c13-10-4-2-1-3-8(10)7-18-12-9(11(14)15)5-6-16-17-12/h1-6H,7H2,(H3,14,15). The van der Waals surface area contributed by atoms with Gasteiger partial charge in [-0.05, 0) is 12.1 Å². The van der Waals surface area contributed by atoms with Crippen LogP contribution in [0.15, 0.2) is 36.5 Å². The van der Waals surface area contributed by atoms with E-state index in [0.717, 1.165) is 0 Å². The molecule has 2 rings (SSSR count). The van der Waals surface area contributed by atoms with Crippen LogP contribution in [0.2, 0.25) is 0 Å². The molecule has 0 aliphatic rings. The molecular formula is C12H11FN4O. The number of nitrogens with two attached hydrogens (primary N) is 1. The first-order valence-electron chi connectivity index (χ1n) is 5.21. The van der Waals surface area contributed by atoms with Gasteiger partial charge in [0.05, 0.1) is 11.8 Å². The van der Waals surface area contributed by atoms with Crippen LogP contribution in [0.5, 0.6) is 5.88 Å². The predicted octanol–water partition coefficient (Wildman–Crippen LogP) is 1.48. The molecule has 1 aromatic carbocycles. The number of nitrogens with zero attached hydrogens (tertiary/aromatic N) is 2. The molecule has 0 amide bonds. The molecule has 0 radical (unpaired) electrons. The Morgan fingerprint density at radius 3 is 2.83 bits per heavy atom. The van der Waals surface area contributed by atoms with Crippen LogP contribution in [0.4, 0.5) is 4.39 Å². The van der Waals surface area contributed by atoms with Gasteiger partial charge in [-0.1, -0.05) is 18.2 Å². The summed E-state index contributed by atoms with van der Waals surface area (Å²) in [5, 5.41) is 14.7. The van der Waals surface area contributed by atoms with Crippen molar-refractivity contribution in [3.63, 3.8) is 0 Å². The molecule has 0 atom stereocenters. The molecule has 0 saturated carbocycles. The quantitative estimate of drug-likeness (QED) is 0.632. The van der Waals surface area contributed by atoms with Gasteiger partial charge in [-0.15, -0.1) is 5.10 Å². The van der Waals surface area contributed by atoms with E-state index in [1.165, 1.54) is 18.3 Å². The zero-order valence-corrected chi connectivity index (χ0v) is 9.43. The van der Waals surface area contributed by atoms with E-state index >= 15 is 0 Å². The molecule has 18 heavy (non-hydrogen) atoms. The number of nitrogens with one attached hydrogen (secondary N) is 1. The highest BCUT2D eigenvalue weighted by atomic mass is 19.1. The molecule has 0 spiro atoms. The summed E-state index contributed by atoms with van der Waals surface area (Å²) in [6.45, 7) is 0.00560. The molecule has 3 N–H and O–H groups in total. The number of hydrogen-bond acceptors (Lipinski definition) is 4. The summed E-state index contributed by atoms with van der Waals surface area (Å²) in [6.07, 6.45) is 1.41. The van der Waals surface area contributed by atoms with Gasteiger partial charge in [0.2, 0.25) is 5.88 Å². The molecule has 1 aromatic heterocycles. The van der Waals surface area contributed by atoms with E-state index in [4.69, 9.17) is 15.9 Å². The lowest BCUT2D eigenvalue weighted by Crippen LogP contribution is -2.14. The summed E-state index contributed by atoms with van der Waals surface area (Å²) >= 11 is 0. The van der Waals surface area contributed by atoms with Crippen LogP contribution in [0.25, 0.3) is 0 Å². The second kappa shape index (κ2) is 5.22. The maximum absolute atomic E-state index is 13.4. The average Bonchev–Trinajstić information content (AvgIpc) is 2.38. The maximum atomic E-state index is 13.4. The van der Waals surface area contributed by atoms with Gasteiger partial charge >= 0.3 is 0 Å². The number of benzene rings is 1. The van der Waals surface area contributed by atoms with Crippen molar-refractivity contribution in [1.82, 2.24) is 10.2 Å². The molecule has 2 aromatic rings. The fraction of sp³-hybridized carbons (Fsp3) is 0.0833. The molecule has 6 heteroatoms. The molecule has 1 heterocycles. The van der Waals surface area contributed by atoms with Crippen LogP contribution in [0.1, 0.15) is 11.1 Å². The minimum absolute atomic E-state index is 0.00560. The van der Waals surface area contributed by atoms with Crippen molar-refractivity contribution < 1.29 is 9.13 Å². The smallest absolute Gasteiger partial charge is 0.244 e. The molecule has 0 saturated heterocycles. The van der Waals surface area contributed by atoms with Crippen LogP contribution in [0, 0.1) is 11.2 Å². The Kier molecular flexibility index (Phi) is 3.47. The third-order valence-corrected chi connectivity index (χ3v) is 2.30. The van der Waals surface area contributed by atoms with Crippen molar-refractivity contribution in [2.24, 2.45) is 5.73 Å². The fourth-order valence-corrected chi connectivity index (χ4v) is 1.39. The molecule has 0 aliphatic carbocycles. The van der Waals surface area contributed by atoms with Crippen LogP contribution >= 0.6 is 0 Å². The lowest BCUT2D eigenvalue weighted by Gasteiger charge is -2.08. The van der Waals surface area contributed by atoms with Gasteiger partial charge in [0, 0.05) is 5.56 Å². The summed E-state index contributed by atoms with van der Waals surface area (Å²) in [5.41, 5.74) is 6.11. The zero-order valence-electron chi connectivity index (χ0n) is 9.43. The van der Waals surface area contributed by atoms with Crippen molar-refractivity contribution in [2.75, 3.05) is 0 Å². The van der Waals surface area contributed by atoms with Gasteiger partial charge in [-0.3, -0.25) is 5.41 Å². The Morgan fingerprint density at radius 2 is 2.11 bits per heavy atom. The number of ether oxygens (including phenoxy) is 1. The van der Waals surface area contributed by atoms with Crippen molar-refractivity contribution in [3.05, 3.63) is 53.5 Å². The van der Waals surface area contributed by atoms with Crippen LogP contribution in [-0.4, -0.2) is 16.0 Å². The molecule has 0 bridgehead atoms. The molecule has 92 valence electrons. The van der Waals surface area contributed by atoms with Gasteiger partial charge < -0.3 is 10.5 Å². The van der Waals surface area contributed by atoms with E-state index in [1.807, 2.05) is 0 Å². The third kappa shape index (κ3) is 2.60. The van der Waals surface area contributed by atoms with Crippen LogP contribution in [-0.2, 0) is 6.61 Å². The Morgan fingerprint density at radius 1 is 1.33 bits per heavy atom. The summed E-state index contributed by atoms with van der Waals surface area (Å²) in [7, 11) is 0. The topological polar surface area (TPSA) is 84.9 Å². The highest BCUT2D eigenvalue weighted by Gasteiger charge is 2.09. The van der Waals surface area contributed by atoms with Gasteiger partial charge in [0.15, 0.2) is 0 Å². The number of nitrogen functional groups attached to an aromatic ring is 1. The number of amidine groups is 1. The minimum Gasteiger partial charge on any atom is -0.471 e. The second-order valence-corrected chi connectivity index (χ2v) is 3.54. The normalized spacial score (nSPS) is 10.1. The average molecular weight is 246 g/mol. The number of hydrogen-bond donors (Lipinski definition) is 2. The summed E-state index contributed by atoms with van der Waals surface area (Å²) < 4.78 is 18.7. The van der Waals surface area contributed by atoms with Crippen LogP contribution < -0.4 is 10.5 Å². The van der Waals surface area contributed by atoms with Gasteiger partial charge in [0.1, 0.15) is 18.3 Å². The maximum Gasteiger partial charge on any atom is 0.244 e. The SMILES string of the molecule is N=C(N)c1ccnnc1OCc1ccccc1F. The monoisotopic (exact) mass is 246 g/mol. The fourth-order valence-electron chi connectivity index (χ4n) is 1.39. The zero-order chi connectivity index (χ0) is 13.0. The van der Waals surface area contributed by atoms with Crippen molar-refractivity contribution >= 4 is 5.84 Å². The van der Waals surface area contributed by atoms with Gasteiger partial charge in [-0.25, -0.2) is 4.39 Å². The summed E-state index contributed by atoms with van der Waals surface area (Å²) in [4.78, 5) is 0. The van der Waals surface area contributed by atoms with E-state index in [2.05, 4.69) is 10.2 Å². The van der Waals surface area contributed by atoms with Crippen molar-refractivity contribution in [1.29, 1.82) is 5.41 Å². The lowest BCUT2D eigenvalue weighted by atomic mass is 10.2. The third-order valence-electron chi connectivity index (χ3n) is 2.30. The van der Waals surface area contributed by atoms with Crippen molar-refractivity contribution in [3.8, 4) is 5.88 Å². The highest BCUT2D eigenvalue weighted by Crippen LogP contribution is 2.15. The Bertz CT molecular complexity index is 574. The Labute approximate surface area is 103 Å². The second-order valence-electron chi connectivity index (χ2n) is 3.54. The van der Waals surface area contributed by atoms with E-state index in [0.29, 0.717) is 11.1 Å². The highest BCUT2D eigenvalue weighted by molar-refractivity contribution is 5.96. The molecular weight excluding hydrogens is 235 g/mol. The first-order chi connectivity index (χ1) is 8.68. The van der Waals surface area contributed by atoms with E-state index in [1.54, 1.807) is 18.2 Å². The molecule has 0 fully saturated rings.